The van der Waals surface area contributed by atoms with Gasteiger partial charge in [-0.05, 0) is 42.5 Å². The molecule has 1 aliphatic rings. The molecular weight excluding hydrogens is 373 g/mol. The molecule has 7 heteroatoms. The Bertz CT molecular complexity index is 760. The maximum atomic E-state index is 12.3. The largest absolute Gasteiger partial charge is 0.495 e. The van der Waals surface area contributed by atoms with E-state index in [0.717, 1.165) is 36.9 Å². The van der Waals surface area contributed by atoms with Crippen molar-refractivity contribution in [2.24, 2.45) is 0 Å². The number of anilines is 2. The van der Waals surface area contributed by atoms with Gasteiger partial charge >= 0.3 is 0 Å². The van der Waals surface area contributed by atoms with Crippen LogP contribution in [0.5, 0.6) is 5.75 Å². The molecule has 0 spiro atoms. The molecule has 2 aromatic rings. The topological polar surface area (TPSA) is 44.8 Å². The number of nitrogens with zero attached hydrogens (tertiary/aromatic N) is 2. The zero-order valence-electron chi connectivity index (χ0n) is 14.5. The lowest BCUT2D eigenvalue weighted by Crippen LogP contribution is -2.48. The SMILES string of the molecule is COc1ccc(NC(=O)CN2CCN(c3ccc(Cl)cc3)CC2)cc1Cl. The van der Waals surface area contributed by atoms with Crippen LogP contribution in [0, 0.1) is 0 Å². The Balaban J connectivity index is 1.49. The number of piperazine rings is 1. The van der Waals surface area contributed by atoms with Crippen LogP contribution in [-0.4, -0.2) is 50.6 Å². The summed E-state index contributed by atoms with van der Waals surface area (Å²) >= 11 is 12.0. The molecule has 0 saturated carbocycles. The molecule has 5 nitrogen and oxygen atoms in total. The van der Waals surface area contributed by atoms with Gasteiger partial charge in [-0.3, -0.25) is 9.69 Å². The van der Waals surface area contributed by atoms with Crippen molar-refractivity contribution in [1.82, 2.24) is 4.90 Å². The number of carbonyl (C=O) groups is 1. The number of methoxy groups -OCH3 is 1. The molecule has 1 heterocycles. The van der Waals surface area contributed by atoms with Gasteiger partial charge in [0.2, 0.25) is 5.91 Å². The number of nitrogens with one attached hydrogen (secondary N) is 1. The van der Waals surface area contributed by atoms with Crippen LogP contribution in [0.3, 0.4) is 0 Å². The van der Waals surface area contributed by atoms with Crippen LogP contribution in [0.25, 0.3) is 0 Å². The molecule has 0 atom stereocenters. The zero-order chi connectivity index (χ0) is 18.5. The van der Waals surface area contributed by atoms with Crippen LogP contribution in [0.15, 0.2) is 42.5 Å². The van der Waals surface area contributed by atoms with Crippen molar-refractivity contribution in [2.45, 2.75) is 0 Å². The van der Waals surface area contributed by atoms with Crippen LogP contribution in [0.4, 0.5) is 11.4 Å². The van der Waals surface area contributed by atoms with E-state index in [1.165, 1.54) is 0 Å². The lowest BCUT2D eigenvalue weighted by molar-refractivity contribution is -0.117. The molecule has 0 radical (unpaired) electrons. The molecule has 138 valence electrons. The third kappa shape index (κ3) is 4.81. The highest BCUT2D eigenvalue weighted by Crippen LogP contribution is 2.27. The van der Waals surface area contributed by atoms with Crippen molar-refractivity contribution in [3.8, 4) is 5.75 Å². The number of rotatable bonds is 5. The van der Waals surface area contributed by atoms with Crippen molar-refractivity contribution in [3.05, 3.63) is 52.5 Å². The van der Waals surface area contributed by atoms with Crippen molar-refractivity contribution in [1.29, 1.82) is 0 Å². The summed E-state index contributed by atoms with van der Waals surface area (Å²) in [5.74, 6) is 0.536. The Kier molecular flexibility index (Phi) is 6.25. The summed E-state index contributed by atoms with van der Waals surface area (Å²) in [6.45, 7) is 3.78. The summed E-state index contributed by atoms with van der Waals surface area (Å²) in [5, 5.41) is 4.09. The summed E-state index contributed by atoms with van der Waals surface area (Å²) in [6.07, 6.45) is 0. The molecule has 0 aliphatic carbocycles. The summed E-state index contributed by atoms with van der Waals surface area (Å²) in [6, 6.07) is 13.1. The minimum atomic E-state index is -0.0498. The molecule has 2 aromatic carbocycles. The molecule has 26 heavy (non-hydrogen) atoms. The Morgan fingerprint density at radius 3 is 2.38 bits per heavy atom. The summed E-state index contributed by atoms with van der Waals surface area (Å²) in [4.78, 5) is 16.7. The van der Waals surface area contributed by atoms with E-state index in [1.54, 1.807) is 25.3 Å². The number of carbonyl (C=O) groups excluding carboxylic acids is 1. The van der Waals surface area contributed by atoms with E-state index in [4.69, 9.17) is 27.9 Å². The Hall–Kier alpha value is -1.95. The normalized spacial score (nSPS) is 15.0. The molecule has 0 bridgehead atoms. The Morgan fingerprint density at radius 1 is 1.08 bits per heavy atom. The van der Waals surface area contributed by atoms with Gasteiger partial charge in [-0.2, -0.15) is 0 Å². The van der Waals surface area contributed by atoms with E-state index in [1.807, 2.05) is 24.3 Å². The first-order valence-corrected chi connectivity index (χ1v) is 9.17. The minimum Gasteiger partial charge on any atom is -0.495 e. The third-order valence-corrected chi connectivity index (χ3v) is 4.91. The molecule has 0 aromatic heterocycles. The highest BCUT2D eigenvalue weighted by atomic mass is 35.5. The first-order valence-electron chi connectivity index (χ1n) is 8.41. The zero-order valence-corrected chi connectivity index (χ0v) is 16.1. The number of benzene rings is 2. The molecule has 1 N–H and O–H groups in total. The van der Waals surface area contributed by atoms with Crippen molar-refractivity contribution in [2.75, 3.05) is 50.1 Å². The minimum absolute atomic E-state index is 0.0498. The van der Waals surface area contributed by atoms with Gasteiger partial charge in [-0.25, -0.2) is 0 Å². The first-order chi connectivity index (χ1) is 12.5. The van der Waals surface area contributed by atoms with Crippen molar-refractivity contribution >= 4 is 40.5 Å². The van der Waals surface area contributed by atoms with Gasteiger partial charge in [-0.1, -0.05) is 23.2 Å². The molecule has 1 amide bonds. The van der Waals surface area contributed by atoms with Gasteiger partial charge in [0, 0.05) is 42.6 Å². The van der Waals surface area contributed by atoms with Gasteiger partial charge in [-0.15, -0.1) is 0 Å². The number of hydrogen-bond donors (Lipinski definition) is 1. The number of hydrogen-bond acceptors (Lipinski definition) is 4. The van der Waals surface area contributed by atoms with Crippen molar-refractivity contribution < 1.29 is 9.53 Å². The van der Waals surface area contributed by atoms with Gasteiger partial charge < -0.3 is 15.0 Å². The van der Waals surface area contributed by atoms with E-state index in [9.17, 15) is 4.79 Å². The third-order valence-electron chi connectivity index (χ3n) is 4.37. The fraction of sp³-hybridized carbons (Fsp3) is 0.316. The van der Waals surface area contributed by atoms with E-state index < -0.39 is 0 Å². The predicted octanol–water partition coefficient (Wildman–Crippen LogP) is 3.76. The molecular formula is C19H21Cl2N3O2. The highest BCUT2D eigenvalue weighted by Gasteiger charge is 2.19. The molecule has 0 unspecified atom stereocenters. The molecule has 1 fully saturated rings. The monoisotopic (exact) mass is 393 g/mol. The number of ether oxygens (including phenoxy) is 1. The molecule has 3 rings (SSSR count). The average Bonchev–Trinajstić information content (AvgIpc) is 2.63. The molecule has 1 aliphatic heterocycles. The Morgan fingerprint density at radius 2 is 1.77 bits per heavy atom. The van der Waals surface area contributed by atoms with Crippen LogP contribution in [0.2, 0.25) is 10.0 Å². The average molecular weight is 394 g/mol. The fourth-order valence-electron chi connectivity index (χ4n) is 2.96. The predicted molar refractivity (Wildman–Crippen MR) is 107 cm³/mol. The summed E-state index contributed by atoms with van der Waals surface area (Å²) < 4.78 is 5.11. The molecule has 1 saturated heterocycles. The quantitative estimate of drug-likeness (QED) is 0.839. The van der Waals surface area contributed by atoms with E-state index in [-0.39, 0.29) is 5.91 Å². The van der Waals surface area contributed by atoms with Gasteiger partial charge in [0.15, 0.2) is 0 Å². The number of amides is 1. The Labute approximate surface area is 163 Å². The van der Waals surface area contributed by atoms with E-state index in [2.05, 4.69) is 15.1 Å². The fourth-order valence-corrected chi connectivity index (χ4v) is 3.35. The van der Waals surface area contributed by atoms with Crippen LogP contribution in [0.1, 0.15) is 0 Å². The first kappa shape index (κ1) is 18.8. The second-order valence-corrected chi connectivity index (χ2v) is 6.98. The van der Waals surface area contributed by atoms with E-state index >= 15 is 0 Å². The standard InChI is InChI=1S/C19H21Cl2N3O2/c1-26-18-7-4-15(12-17(18)21)22-19(25)13-23-8-10-24(11-9-23)16-5-2-14(20)3-6-16/h2-7,12H,8-11,13H2,1H3,(H,22,25). The number of halogens is 2. The highest BCUT2D eigenvalue weighted by molar-refractivity contribution is 6.32. The maximum absolute atomic E-state index is 12.3. The second-order valence-electron chi connectivity index (χ2n) is 6.14. The van der Waals surface area contributed by atoms with Crippen LogP contribution >= 0.6 is 23.2 Å². The second kappa shape index (κ2) is 8.62. The lowest BCUT2D eigenvalue weighted by atomic mass is 10.2. The smallest absolute Gasteiger partial charge is 0.238 e. The summed E-state index contributed by atoms with van der Waals surface area (Å²) in [7, 11) is 1.56. The summed E-state index contributed by atoms with van der Waals surface area (Å²) in [5.41, 5.74) is 1.83. The van der Waals surface area contributed by atoms with Gasteiger partial charge in [0.05, 0.1) is 18.7 Å². The van der Waals surface area contributed by atoms with Gasteiger partial charge in [0.25, 0.3) is 0 Å². The van der Waals surface area contributed by atoms with Crippen LogP contribution < -0.4 is 15.0 Å². The maximum Gasteiger partial charge on any atom is 0.238 e. The van der Waals surface area contributed by atoms with Crippen molar-refractivity contribution in [3.63, 3.8) is 0 Å². The van der Waals surface area contributed by atoms with Gasteiger partial charge in [0.1, 0.15) is 5.75 Å². The lowest BCUT2D eigenvalue weighted by Gasteiger charge is -2.35. The van der Waals surface area contributed by atoms with E-state index in [0.29, 0.717) is 23.0 Å². The van der Waals surface area contributed by atoms with Crippen LogP contribution in [-0.2, 0) is 4.79 Å².